The lowest BCUT2D eigenvalue weighted by Gasteiger charge is -2.09. The molecule has 1 amide bonds. The summed E-state index contributed by atoms with van der Waals surface area (Å²) in [7, 11) is 0. The van der Waals surface area contributed by atoms with Gasteiger partial charge in [0.2, 0.25) is 0 Å². The molecule has 3 nitrogen and oxygen atoms in total. The normalized spacial score (nSPS) is 10.4. The number of benzene rings is 2. The Hall–Kier alpha value is -2.20. The van der Waals surface area contributed by atoms with Crippen LogP contribution in [0.5, 0.6) is 0 Å². The summed E-state index contributed by atoms with van der Waals surface area (Å²) in [5, 5.41) is 4.75. The predicted octanol–water partition coefficient (Wildman–Crippen LogP) is 4.25. The maximum absolute atomic E-state index is 12.4. The van der Waals surface area contributed by atoms with Crippen molar-refractivity contribution in [3.8, 4) is 0 Å². The number of fused-ring (bicyclic) bond motifs is 1. The number of amides is 1. The SMILES string of the molecule is O=C(Nc1ccccc1Br)c1cccc2ccncc12. The van der Waals surface area contributed by atoms with Crippen molar-refractivity contribution in [2.24, 2.45) is 0 Å². The van der Waals surface area contributed by atoms with Gasteiger partial charge >= 0.3 is 0 Å². The lowest BCUT2D eigenvalue weighted by atomic mass is 10.1. The first-order chi connectivity index (χ1) is 9.75. The number of nitrogens with zero attached hydrogens (tertiary/aromatic N) is 1. The molecule has 2 aromatic carbocycles. The number of pyridine rings is 1. The summed E-state index contributed by atoms with van der Waals surface area (Å²) in [5.74, 6) is -0.143. The highest BCUT2D eigenvalue weighted by molar-refractivity contribution is 9.10. The zero-order chi connectivity index (χ0) is 13.9. The highest BCUT2D eigenvalue weighted by Gasteiger charge is 2.11. The van der Waals surface area contributed by atoms with Gasteiger partial charge in [0.1, 0.15) is 0 Å². The quantitative estimate of drug-likeness (QED) is 0.764. The lowest BCUT2D eigenvalue weighted by molar-refractivity contribution is 0.102. The Morgan fingerprint density at radius 3 is 2.75 bits per heavy atom. The summed E-state index contributed by atoms with van der Waals surface area (Å²) in [5.41, 5.74) is 1.37. The van der Waals surface area contributed by atoms with Crippen molar-refractivity contribution in [2.45, 2.75) is 0 Å². The second kappa shape index (κ2) is 5.43. The van der Waals surface area contributed by atoms with Crippen LogP contribution in [0.25, 0.3) is 10.8 Å². The summed E-state index contributed by atoms with van der Waals surface area (Å²) in [6, 6.07) is 15.1. The third-order valence-electron chi connectivity index (χ3n) is 3.05. The second-order valence-corrected chi connectivity index (χ2v) is 5.19. The van der Waals surface area contributed by atoms with Crippen LogP contribution < -0.4 is 5.32 Å². The molecule has 0 aliphatic carbocycles. The van der Waals surface area contributed by atoms with Gasteiger partial charge in [-0.1, -0.05) is 24.3 Å². The number of carbonyl (C=O) groups excluding carboxylic acids is 1. The molecular weight excluding hydrogens is 316 g/mol. The molecule has 0 spiro atoms. The number of anilines is 1. The topological polar surface area (TPSA) is 42.0 Å². The molecule has 4 heteroatoms. The molecule has 0 saturated carbocycles. The van der Waals surface area contributed by atoms with E-state index in [0.29, 0.717) is 5.56 Å². The lowest BCUT2D eigenvalue weighted by Crippen LogP contribution is -2.12. The number of hydrogen-bond donors (Lipinski definition) is 1. The van der Waals surface area contributed by atoms with Gasteiger partial charge < -0.3 is 5.32 Å². The van der Waals surface area contributed by atoms with E-state index in [1.165, 1.54) is 0 Å². The minimum atomic E-state index is -0.143. The van der Waals surface area contributed by atoms with Crippen LogP contribution in [0.3, 0.4) is 0 Å². The van der Waals surface area contributed by atoms with Crippen molar-refractivity contribution in [3.05, 3.63) is 71.0 Å². The number of nitrogens with one attached hydrogen (secondary N) is 1. The van der Waals surface area contributed by atoms with Gasteiger partial charge in [-0.3, -0.25) is 9.78 Å². The zero-order valence-corrected chi connectivity index (χ0v) is 12.1. The number of carbonyl (C=O) groups is 1. The van der Waals surface area contributed by atoms with Gasteiger partial charge in [-0.2, -0.15) is 0 Å². The minimum absolute atomic E-state index is 0.143. The number of aromatic nitrogens is 1. The molecule has 1 aromatic heterocycles. The van der Waals surface area contributed by atoms with Crippen LogP contribution in [0.15, 0.2) is 65.4 Å². The van der Waals surface area contributed by atoms with Gasteiger partial charge in [0.15, 0.2) is 0 Å². The van der Waals surface area contributed by atoms with Crippen molar-refractivity contribution >= 4 is 38.3 Å². The maximum Gasteiger partial charge on any atom is 0.256 e. The van der Waals surface area contributed by atoms with Crippen LogP contribution in [0.1, 0.15) is 10.4 Å². The number of hydrogen-bond acceptors (Lipinski definition) is 2. The highest BCUT2D eigenvalue weighted by Crippen LogP contribution is 2.23. The second-order valence-electron chi connectivity index (χ2n) is 4.34. The average molecular weight is 327 g/mol. The van der Waals surface area contributed by atoms with Gasteiger partial charge in [0.25, 0.3) is 5.91 Å². The van der Waals surface area contributed by atoms with Crippen LogP contribution >= 0.6 is 15.9 Å². The van der Waals surface area contributed by atoms with E-state index in [9.17, 15) is 4.79 Å². The Labute approximate surface area is 124 Å². The highest BCUT2D eigenvalue weighted by atomic mass is 79.9. The number of para-hydroxylation sites is 1. The Morgan fingerprint density at radius 1 is 1.05 bits per heavy atom. The van der Waals surface area contributed by atoms with E-state index in [4.69, 9.17) is 0 Å². The molecule has 98 valence electrons. The largest absolute Gasteiger partial charge is 0.321 e. The van der Waals surface area contributed by atoms with Crippen LogP contribution in [0, 0.1) is 0 Å². The smallest absolute Gasteiger partial charge is 0.256 e. The molecular formula is C16H11BrN2O. The van der Waals surface area contributed by atoms with E-state index in [-0.39, 0.29) is 5.91 Å². The molecule has 0 fully saturated rings. The molecule has 3 aromatic rings. The molecule has 0 saturated heterocycles. The predicted molar refractivity (Wildman–Crippen MR) is 83.8 cm³/mol. The molecule has 0 aliphatic rings. The van der Waals surface area contributed by atoms with E-state index in [0.717, 1.165) is 20.9 Å². The van der Waals surface area contributed by atoms with E-state index in [1.807, 2.05) is 42.5 Å². The first-order valence-corrected chi connectivity index (χ1v) is 6.93. The summed E-state index contributed by atoms with van der Waals surface area (Å²) >= 11 is 3.42. The van der Waals surface area contributed by atoms with Crippen molar-refractivity contribution in [3.63, 3.8) is 0 Å². The first-order valence-electron chi connectivity index (χ1n) is 6.14. The number of rotatable bonds is 2. The van der Waals surface area contributed by atoms with E-state index < -0.39 is 0 Å². The Kier molecular flexibility index (Phi) is 3.48. The zero-order valence-electron chi connectivity index (χ0n) is 10.5. The van der Waals surface area contributed by atoms with Gasteiger partial charge in [-0.25, -0.2) is 0 Å². The third-order valence-corrected chi connectivity index (χ3v) is 3.74. The van der Waals surface area contributed by atoms with Crippen molar-refractivity contribution in [2.75, 3.05) is 5.32 Å². The Bertz CT molecular complexity index is 781. The van der Waals surface area contributed by atoms with E-state index in [1.54, 1.807) is 18.5 Å². The molecule has 0 atom stereocenters. The third kappa shape index (κ3) is 2.42. The van der Waals surface area contributed by atoms with Crippen molar-refractivity contribution in [1.29, 1.82) is 0 Å². The molecule has 3 rings (SSSR count). The van der Waals surface area contributed by atoms with E-state index in [2.05, 4.69) is 26.2 Å². The van der Waals surface area contributed by atoms with Gasteiger partial charge in [0.05, 0.1) is 5.69 Å². The molecule has 20 heavy (non-hydrogen) atoms. The van der Waals surface area contributed by atoms with E-state index >= 15 is 0 Å². The van der Waals surface area contributed by atoms with Crippen LogP contribution in [0.4, 0.5) is 5.69 Å². The number of halogens is 1. The van der Waals surface area contributed by atoms with Crippen LogP contribution in [-0.2, 0) is 0 Å². The Morgan fingerprint density at radius 2 is 1.90 bits per heavy atom. The fraction of sp³-hybridized carbons (Fsp3) is 0. The standard InChI is InChI=1S/C16H11BrN2O/c17-14-6-1-2-7-15(14)19-16(20)12-5-3-4-11-8-9-18-10-13(11)12/h1-10H,(H,19,20). The summed E-state index contributed by atoms with van der Waals surface area (Å²) in [6.07, 6.45) is 3.43. The Balaban J connectivity index is 1.99. The molecule has 0 bridgehead atoms. The van der Waals surface area contributed by atoms with Gasteiger partial charge in [-0.05, 0) is 45.6 Å². The van der Waals surface area contributed by atoms with Crippen molar-refractivity contribution < 1.29 is 4.79 Å². The molecule has 1 N–H and O–H groups in total. The van der Waals surface area contributed by atoms with Crippen LogP contribution in [-0.4, -0.2) is 10.9 Å². The summed E-state index contributed by atoms with van der Waals surface area (Å²) < 4.78 is 0.853. The average Bonchev–Trinajstić information content (AvgIpc) is 2.49. The minimum Gasteiger partial charge on any atom is -0.321 e. The van der Waals surface area contributed by atoms with Crippen LogP contribution in [0.2, 0.25) is 0 Å². The monoisotopic (exact) mass is 326 g/mol. The van der Waals surface area contributed by atoms with Gasteiger partial charge in [-0.15, -0.1) is 0 Å². The molecule has 1 heterocycles. The van der Waals surface area contributed by atoms with Gasteiger partial charge in [0, 0.05) is 27.8 Å². The first kappa shape index (κ1) is 12.8. The molecule has 0 radical (unpaired) electrons. The molecule has 0 aliphatic heterocycles. The summed E-state index contributed by atoms with van der Waals surface area (Å²) in [6.45, 7) is 0. The fourth-order valence-corrected chi connectivity index (χ4v) is 2.45. The maximum atomic E-state index is 12.4. The summed E-state index contributed by atoms with van der Waals surface area (Å²) in [4.78, 5) is 16.5. The van der Waals surface area contributed by atoms with Crippen molar-refractivity contribution in [1.82, 2.24) is 4.98 Å². The molecule has 0 unspecified atom stereocenters. The fourth-order valence-electron chi connectivity index (χ4n) is 2.06.